The summed E-state index contributed by atoms with van der Waals surface area (Å²) in [6.45, 7) is 4.44. The molecule has 1 heterocycles. The summed E-state index contributed by atoms with van der Waals surface area (Å²) in [5.41, 5.74) is 2.46. The monoisotopic (exact) mass is 200 g/mol. The molecular formula is C13H16N2. The zero-order valence-electron chi connectivity index (χ0n) is 9.27. The smallest absolute Gasteiger partial charge is 0.112 e. The van der Waals surface area contributed by atoms with Crippen LogP contribution in [0.2, 0.25) is 0 Å². The van der Waals surface area contributed by atoms with Gasteiger partial charge in [0.2, 0.25) is 0 Å². The summed E-state index contributed by atoms with van der Waals surface area (Å²) in [5, 5.41) is 0. The van der Waals surface area contributed by atoms with Crippen molar-refractivity contribution in [2.45, 2.75) is 38.6 Å². The maximum Gasteiger partial charge on any atom is 0.112 e. The molecule has 0 saturated heterocycles. The number of hydrogen-bond donors (Lipinski definition) is 0. The van der Waals surface area contributed by atoms with Crippen LogP contribution >= 0.6 is 0 Å². The lowest BCUT2D eigenvalue weighted by Crippen LogP contribution is -2.02. The van der Waals surface area contributed by atoms with Crippen molar-refractivity contribution < 1.29 is 0 Å². The van der Waals surface area contributed by atoms with Gasteiger partial charge >= 0.3 is 0 Å². The predicted molar refractivity (Wildman–Crippen MR) is 62.1 cm³/mol. The van der Waals surface area contributed by atoms with Crippen LogP contribution in [0.5, 0.6) is 0 Å². The van der Waals surface area contributed by atoms with Crippen LogP contribution in [0.4, 0.5) is 0 Å². The predicted octanol–water partition coefficient (Wildman–Crippen LogP) is 3.49. The average Bonchev–Trinajstić information content (AvgIpc) is 2.98. The van der Waals surface area contributed by atoms with Gasteiger partial charge in [-0.1, -0.05) is 26.0 Å². The minimum Gasteiger partial charge on any atom is -0.325 e. The van der Waals surface area contributed by atoms with Gasteiger partial charge in [-0.2, -0.15) is 0 Å². The van der Waals surface area contributed by atoms with E-state index in [4.69, 9.17) is 4.98 Å². The lowest BCUT2D eigenvalue weighted by atomic mass is 10.2. The summed E-state index contributed by atoms with van der Waals surface area (Å²) in [5.74, 6) is 1.76. The van der Waals surface area contributed by atoms with Crippen molar-refractivity contribution in [3.8, 4) is 0 Å². The van der Waals surface area contributed by atoms with E-state index in [1.165, 1.54) is 24.2 Å². The molecule has 0 bridgehead atoms. The topological polar surface area (TPSA) is 17.8 Å². The van der Waals surface area contributed by atoms with Gasteiger partial charge in [0, 0.05) is 12.0 Å². The highest BCUT2D eigenvalue weighted by atomic mass is 15.1. The number of hydrogen-bond acceptors (Lipinski definition) is 1. The molecule has 2 heteroatoms. The van der Waals surface area contributed by atoms with Crippen LogP contribution in [0.3, 0.4) is 0 Å². The number of aromatic nitrogens is 2. The Hall–Kier alpha value is -1.31. The fraction of sp³-hybridized carbons (Fsp3) is 0.462. The maximum absolute atomic E-state index is 4.74. The van der Waals surface area contributed by atoms with Crippen molar-refractivity contribution in [1.29, 1.82) is 0 Å². The van der Waals surface area contributed by atoms with Crippen LogP contribution in [-0.2, 0) is 0 Å². The molecule has 0 unspecified atom stereocenters. The highest BCUT2D eigenvalue weighted by Crippen LogP contribution is 2.39. The molecule has 2 nitrogen and oxygen atoms in total. The molecule has 78 valence electrons. The van der Waals surface area contributed by atoms with Crippen LogP contribution in [0.15, 0.2) is 24.3 Å². The first-order valence-corrected chi connectivity index (χ1v) is 5.74. The summed E-state index contributed by atoms with van der Waals surface area (Å²) in [6, 6.07) is 9.19. The first kappa shape index (κ1) is 8.96. The Labute approximate surface area is 89.9 Å². The Balaban J connectivity index is 2.28. The van der Waals surface area contributed by atoms with Gasteiger partial charge in [-0.25, -0.2) is 4.98 Å². The van der Waals surface area contributed by atoms with Crippen LogP contribution < -0.4 is 0 Å². The van der Waals surface area contributed by atoms with Crippen molar-refractivity contribution in [2.24, 2.45) is 0 Å². The van der Waals surface area contributed by atoms with E-state index < -0.39 is 0 Å². The van der Waals surface area contributed by atoms with E-state index in [2.05, 4.69) is 42.7 Å². The third kappa shape index (κ3) is 1.36. The highest BCUT2D eigenvalue weighted by molar-refractivity contribution is 5.76. The fourth-order valence-electron chi connectivity index (χ4n) is 2.19. The number of nitrogens with zero attached hydrogens (tertiary/aromatic N) is 2. The molecule has 1 aromatic heterocycles. The van der Waals surface area contributed by atoms with Crippen molar-refractivity contribution in [1.82, 2.24) is 9.55 Å². The molecule has 1 aliphatic rings. The minimum absolute atomic E-state index is 0.512. The van der Waals surface area contributed by atoms with Crippen molar-refractivity contribution >= 4 is 11.0 Å². The maximum atomic E-state index is 4.74. The van der Waals surface area contributed by atoms with Gasteiger partial charge in [-0.15, -0.1) is 0 Å². The second-order valence-electron chi connectivity index (χ2n) is 4.71. The molecule has 3 rings (SSSR count). The molecule has 1 aromatic carbocycles. The second-order valence-corrected chi connectivity index (χ2v) is 4.71. The molecule has 15 heavy (non-hydrogen) atoms. The Morgan fingerprint density at radius 1 is 1.27 bits per heavy atom. The third-order valence-corrected chi connectivity index (χ3v) is 3.05. The van der Waals surface area contributed by atoms with E-state index >= 15 is 0 Å². The molecule has 2 aromatic rings. The highest BCUT2D eigenvalue weighted by Gasteiger charge is 2.28. The van der Waals surface area contributed by atoms with Gasteiger partial charge in [0.05, 0.1) is 11.0 Å². The van der Waals surface area contributed by atoms with Gasteiger partial charge in [0.25, 0.3) is 0 Å². The molecule has 0 spiro atoms. The molecule has 1 saturated carbocycles. The van der Waals surface area contributed by atoms with Crippen LogP contribution in [0, 0.1) is 0 Å². The lowest BCUT2D eigenvalue weighted by Gasteiger charge is -2.09. The number of rotatable bonds is 2. The molecule has 1 aliphatic carbocycles. The van der Waals surface area contributed by atoms with E-state index in [0.29, 0.717) is 5.92 Å². The van der Waals surface area contributed by atoms with Gasteiger partial charge in [0.15, 0.2) is 0 Å². The van der Waals surface area contributed by atoms with Gasteiger partial charge in [-0.3, -0.25) is 0 Å². The molecule has 1 fully saturated rings. The number of benzene rings is 1. The van der Waals surface area contributed by atoms with Crippen LogP contribution in [-0.4, -0.2) is 9.55 Å². The Kier molecular flexibility index (Phi) is 1.84. The molecule has 0 aliphatic heterocycles. The van der Waals surface area contributed by atoms with Gasteiger partial charge < -0.3 is 4.57 Å². The summed E-state index contributed by atoms with van der Waals surface area (Å²) >= 11 is 0. The molecule has 0 N–H and O–H groups in total. The third-order valence-electron chi connectivity index (χ3n) is 3.05. The minimum atomic E-state index is 0.512. The fourth-order valence-corrected chi connectivity index (χ4v) is 2.19. The molecule has 0 radical (unpaired) electrons. The number of para-hydroxylation sites is 2. The van der Waals surface area contributed by atoms with E-state index in [0.717, 1.165) is 11.6 Å². The quantitative estimate of drug-likeness (QED) is 0.725. The normalized spacial score (nSPS) is 16.5. The Bertz CT molecular complexity index is 492. The zero-order chi connectivity index (χ0) is 10.4. The van der Waals surface area contributed by atoms with E-state index in [1.807, 2.05) is 0 Å². The second kappa shape index (κ2) is 3.09. The lowest BCUT2D eigenvalue weighted by molar-refractivity contribution is 0.654. The zero-order valence-corrected chi connectivity index (χ0v) is 9.27. The number of imidazole rings is 1. The van der Waals surface area contributed by atoms with Crippen LogP contribution in [0.25, 0.3) is 11.0 Å². The van der Waals surface area contributed by atoms with E-state index in [9.17, 15) is 0 Å². The SMILES string of the molecule is CC(C)c1nc2ccccc2n1C1CC1. The average molecular weight is 200 g/mol. The first-order chi connectivity index (χ1) is 7.27. The summed E-state index contributed by atoms with van der Waals surface area (Å²) in [6.07, 6.45) is 2.64. The summed E-state index contributed by atoms with van der Waals surface area (Å²) in [4.78, 5) is 4.74. The van der Waals surface area contributed by atoms with E-state index in [1.54, 1.807) is 0 Å². The first-order valence-electron chi connectivity index (χ1n) is 5.74. The van der Waals surface area contributed by atoms with E-state index in [-0.39, 0.29) is 0 Å². The number of fused-ring (bicyclic) bond motifs is 1. The Morgan fingerprint density at radius 3 is 2.67 bits per heavy atom. The molecule has 0 atom stereocenters. The molecule has 0 amide bonds. The summed E-state index contributed by atoms with van der Waals surface area (Å²) < 4.78 is 2.44. The van der Waals surface area contributed by atoms with Crippen molar-refractivity contribution in [3.63, 3.8) is 0 Å². The van der Waals surface area contributed by atoms with Crippen molar-refractivity contribution in [3.05, 3.63) is 30.1 Å². The largest absolute Gasteiger partial charge is 0.325 e. The van der Waals surface area contributed by atoms with Crippen LogP contribution in [0.1, 0.15) is 44.5 Å². The standard InChI is InChI=1S/C13H16N2/c1-9(2)13-14-11-5-3-4-6-12(11)15(13)10-7-8-10/h3-6,9-10H,7-8H2,1-2H3. The van der Waals surface area contributed by atoms with Crippen molar-refractivity contribution in [2.75, 3.05) is 0 Å². The Morgan fingerprint density at radius 2 is 2.00 bits per heavy atom. The summed E-state index contributed by atoms with van der Waals surface area (Å²) in [7, 11) is 0. The van der Waals surface area contributed by atoms with Gasteiger partial charge in [-0.05, 0) is 25.0 Å². The van der Waals surface area contributed by atoms with Gasteiger partial charge in [0.1, 0.15) is 5.82 Å². The molecular weight excluding hydrogens is 184 g/mol.